The molecule has 3 nitrogen and oxygen atoms in total. The van der Waals surface area contributed by atoms with Gasteiger partial charge in [0.25, 0.3) is 0 Å². The van der Waals surface area contributed by atoms with Crippen molar-refractivity contribution in [2.75, 3.05) is 7.11 Å². The summed E-state index contributed by atoms with van der Waals surface area (Å²) in [6.45, 7) is 0.404. The van der Waals surface area contributed by atoms with Crippen LogP contribution in [0.5, 0.6) is 5.75 Å². The number of benzene rings is 2. The lowest BCUT2D eigenvalue weighted by atomic mass is 10.1. The third kappa shape index (κ3) is 3.10. The van der Waals surface area contributed by atoms with Crippen LogP contribution in [-0.4, -0.2) is 16.9 Å². The van der Waals surface area contributed by atoms with Crippen molar-refractivity contribution < 1.29 is 17.9 Å². The van der Waals surface area contributed by atoms with E-state index >= 15 is 0 Å². The minimum Gasteiger partial charge on any atom is -0.497 e. The monoisotopic (exact) mass is 418 g/mol. The summed E-state index contributed by atoms with van der Waals surface area (Å²) in [5, 5.41) is 4.19. The number of ether oxygens (including phenoxy) is 1. The number of hydrogen-bond donors (Lipinski definition) is 0. The van der Waals surface area contributed by atoms with Crippen molar-refractivity contribution in [2.45, 2.75) is 12.7 Å². The van der Waals surface area contributed by atoms with E-state index in [0.717, 1.165) is 11.3 Å². The molecule has 0 aliphatic rings. The highest BCUT2D eigenvalue weighted by Gasteiger charge is 2.37. The van der Waals surface area contributed by atoms with Crippen LogP contribution in [-0.2, 0) is 12.7 Å². The van der Waals surface area contributed by atoms with Gasteiger partial charge in [-0.15, -0.1) is 0 Å². The van der Waals surface area contributed by atoms with Crippen molar-refractivity contribution in [2.24, 2.45) is 0 Å². The molecule has 3 aromatic rings. The number of fused-ring (bicyclic) bond motifs is 1. The van der Waals surface area contributed by atoms with Crippen LogP contribution < -0.4 is 4.74 Å². The van der Waals surface area contributed by atoms with Gasteiger partial charge in [0.15, 0.2) is 0 Å². The topological polar surface area (TPSA) is 27.1 Å². The van der Waals surface area contributed by atoms with E-state index in [0.29, 0.717) is 17.4 Å². The molecule has 2 aromatic carbocycles. The molecular weight excluding hydrogens is 409 g/mol. The summed E-state index contributed by atoms with van der Waals surface area (Å²) in [6.07, 6.45) is -3.14. The normalized spacial score (nSPS) is 11.9. The van der Waals surface area contributed by atoms with E-state index in [2.05, 4.69) is 21.0 Å². The summed E-state index contributed by atoms with van der Waals surface area (Å²) >= 11 is 8.87. The minimum atomic E-state index is -4.54. The van der Waals surface area contributed by atoms with E-state index in [1.165, 1.54) is 12.3 Å². The van der Waals surface area contributed by atoms with Gasteiger partial charge in [-0.2, -0.15) is 18.3 Å². The fourth-order valence-corrected chi connectivity index (χ4v) is 3.60. The third-order valence-electron chi connectivity index (χ3n) is 3.61. The summed E-state index contributed by atoms with van der Waals surface area (Å²) < 4.78 is 45.9. The number of methoxy groups -OCH3 is 1. The highest BCUT2D eigenvalue weighted by Crippen LogP contribution is 2.43. The predicted octanol–water partition coefficient (Wildman–Crippen LogP) is 5.53. The maximum Gasteiger partial charge on any atom is 0.418 e. The zero-order valence-corrected chi connectivity index (χ0v) is 14.7. The minimum absolute atomic E-state index is 0.0986. The van der Waals surface area contributed by atoms with Crippen molar-refractivity contribution in [3.8, 4) is 5.75 Å². The van der Waals surface area contributed by atoms with Crippen LogP contribution in [0.3, 0.4) is 0 Å². The van der Waals surface area contributed by atoms with Crippen LogP contribution in [0.15, 0.2) is 41.0 Å². The maximum absolute atomic E-state index is 13.1. The molecule has 24 heavy (non-hydrogen) atoms. The van der Waals surface area contributed by atoms with Gasteiger partial charge in [0.1, 0.15) is 5.75 Å². The van der Waals surface area contributed by atoms with Gasteiger partial charge in [-0.25, -0.2) is 0 Å². The molecule has 1 heterocycles. The van der Waals surface area contributed by atoms with E-state index in [9.17, 15) is 13.2 Å². The summed E-state index contributed by atoms with van der Waals surface area (Å²) in [5.74, 6) is 0.727. The Kier molecular flexibility index (Phi) is 4.48. The van der Waals surface area contributed by atoms with Crippen LogP contribution in [0.1, 0.15) is 11.1 Å². The van der Waals surface area contributed by atoms with Gasteiger partial charge in [0.05, 0.1) is 36.0 Å². The van der Waals surface area contributed by atoms with Gasteiger partial charge in [0.2, 0.25) is 0 Å². The van der Waals surface area contributed by atoms with Crippen molar-refractivity contribution in [1.82, 2.24) is 9.78 Å². The molecule has 0 atom stereocenters. The molecule has 126 valence electrons. The Morgan fingerprint density at radius 3 is 2.50 bits per heavy atom. The van der Waals surface area contributed by atoms with E-state index < -0.39 is 11.7 Å². The number of nitrogens with zero attached hydrogens (tertiary/aromatic N) is 2. The smallest absolute Gasteiger partial charge is 0.418 e. The van der Waals surface area contributed by atoms with Gasteiger partial charge >= 0.3 is 6.18 Å². The first-order valence-electron chi connectivity index (χ1n) is 6.85. The fourth-order valence-electron chi connectivity index (χ4n) is 2.44. The van der Waals surface area contributed by atoms with Crippen LogP contribution in [0.25, 0.3) is 10.9 Å². The molecule has 1 aromatic heterocycles. The lowest BCUT2D eigenvalue weighted by Crippen LogP contribution is -2.08. The highest BCUT2D eigenvalue weighted by molar-refractivity contribution is 9.10. The second-order valence-electron chi connectivity index (χ2n) is 5.13. The molecule has 0 bridgehead atoms. The molecule has 8 heteroatoms. The molecule has 0 aliphatic carbocycles. The van der Waals surface area contributed by atoms with Gasteiger partial charge < -0.3 is 4.74 Å². The molecular formula is C16H11BrClF3N2O. The number of alkyl halides is 3. The molecule has 0 N–H and O–H groups in total. The van der Waals surface area contributed by atoms with Crippen LogP contribution >= 0.6 is 27.5 Å². The number of rotatable bonds is 3. The first kappa shape index (κ1) is 17.1. The molecule has 3 rings (SSSR count). The van der Waals surface area contributed by atoms with Gasteiger partial charge in [-0.1, -0.05) is 23.7 Å². The molecule has 0 amide bonds. The fraction of sp³-hybridized carbons (Fsp3) is 0.188. The molecule has 0 aliphatic heterocycles. The SMILES string of the molecule is COc1ccc(Cn2ncc3c(Br)c(C(F)(F)F)c(Cl)cc32)cc1. The largest absolute Gasteiger partial charge is 0.497 e. The third-order valence-corrected chi connectivity index (χ3v) is 4.74. The number of aromatic nitrogens is 2. The second kappa shape index (κ2) is 6.29. The lowest BCUT2D eigenvalue weighted by molar-refractivity contribution is -0.138. The van der Waals surface area contributed by atoms with Gasteiger partial charge in [-0.05, 0) is 39.7 Å². The Morgan fingerprint density at radius 1 is 1.25 bits per heavy atom. The van der Waals surface area contributed by atoms with E-state index in [1.807, 2.05) is 24.3 Å². The Labute approximate surface area is 149 Å². The first-order valence-corrected chi connectivity index (χ1v) is 8.02. The van der Waals surface area contributed by atoms with Gasteiger partial charge in [0, 0.05) is 9.86 Å². The quantitative estimate of drug-likeness (QED) is 0.558. The second-order valence-corrected chi connectivity index (χ2v) is 6.33. The van der Waals surface area contributed by atoms with E-state index in [4.69, 9.17) is 16.3 Å². The molecule has 0 radical (unpaired) electrons. The average Bonchev–Trinajstić information content (AvgIpc) is 2.90. The maximum atomic E-state index is 13.1. The summed E-state index contributed by atoms with van der Waals surface area (Å²) in [6, 6.07) is 8.65. The number of hydrogen-bond acceptors (Lipinski definition) is 2. The highest BCUT2D eigenvalue weighted by atomic mass is 79.9. The lowest BCUT2D eigenvalue weighted by Gasteiger charge is -2.12. The molecule has 0 saturated heterocycles. The van der Waals surface area contributed by atoms with E-state index in [-0.39, 0.29) is 9.50 Å². The Balaban J connectivity index is 2.04. The Hall–Kier alpha value is -1.73. The first-order chi connectivity index (χ1) is 11.3. The predicted molar refractivity (Wildman–Crippen MR) is 89.5 cm³/mol. The standard InChI is InChI=1S/C16H11BrClF3N2O/c1-24-10-4-2-9(3-5-10)8-23-13-6-12(18)14(16(19,20)21)15(17)11(13)7-22-23/h2-7H,8H2,1H3. The number of halogens is 5. The zero-order valence-electron chi connectivity index (χ0n) is 12.4. The average molecular weight is 420 g/mol. The molecule has 0 unspecified atom stereocenters. The van der Waals surface area contributed by atoms with Crippen molar-refractivity contribution in [3.05, 3.63) is 57.2 Å². The van der Waals surface area contributed by atoms with Gasteiger partial charge in [-0.3, -0.25) is 4.68 Å². The molecule has 0 fully saturated rings. The van der Waals surface area contributed by atoms with Crippen LogP contribution in [0.2, 0.25) is 5.02 Å². The van der Waals surface area contributed by atoms with Crippen LogP contribution in [0, 0.1) is 0 Å². The van der Waals surface area contributed by atoms with E-state index in [1.54, 1.807) is 11.8 Å². The molecule has 0 spiro atoms. The summed E-state index contributed by atoms with van der Waals surface area (Å²) in [5.41, 5.74) is 0.573. The zero-order chi connectivity index (χ0) is 17.5. The van der Waals surface area contributed by atoms with Crippen molar-refractivity contribution in [1.29, 1.82) is 0 Å². The molecule has 0 saturated carbocycles. The van der Waals surface area contributed by atoms with Crippen molar-refractivity contribution in [3.63, 3.8) is 0 Å². The Bertz CT molecular complexity index is 891. The Morgan fingerprint density at radius 2 is 1.92 bits per heavy atom. The van der Waals surface area contributed by atoms with Crippen LogP contribution in [0.4, 0.5) is 13.2 Å². The summed E-state index contributed by atoms with van der Waals surface area (Å²) in [7, 11) is 1.58. The van der Waals surface area contributed by atoms with Crippen molar-refractivity contribution >= 4 is 38.4 Å². The summed E-state index contributed by atoms with van der Waals surface area (Å²) in [4.78, 5) is 0.